The first-order chi connectivity index (χ1) is 7.22. The molecule has 2 rings (SSSR count). The van der Waals surface area contributed by atoms with E-state index in [1.165, 1.54) is 24.6 Å². The normalized spacial score (nSPS) is 24.1. The fourth-order valence-electron chi connectivity index (χ4n) is 2.33. The number of likely N-dealkylation sites (tertiary alicyclic amines) is 1. The summed E-state index contributed by atoms with van der Waals surface area (Å²) in [4.78, 5) is 16.4. The minimum atomic E-state index is 0.284. The molecule has 0 aromatic carbocycles. The van der Waals surface area contributed by atoms with Gasteiger partial charge in [0.25, 0.3) is 5.24 Å². The number of hydrogen-bond donors (Lipinski definition) is 0. The van der Waals surface area contributed by atoms with Crippen LogP contribution < -0.4 is 0 Å². The monoisotopic (exact) mass is 228 g/mol. The SMILES string of the molecule is CSC(=O)N(C1CC1)C1CCN(C)CC1. The Bertz CT molecular complexity index is 235. The van der Waals surface area contributed by atoms with E-state index in [-0.39, 0.29) is 5.24 Å². The van der Waals surface area contributed by atoms with E-state index in [4.69, 9.17) is 0 Å². The van der Waals surface area contributed by atoms with Crippen molar-refractivity contribution in [3.8, 4) is 0 Å². The molecule has 2 fully saturated rings. The number of thioether (sulfide) groups is 1. The van der Waals surface area contributed by atoms with Crippen molar-refractivity contribution >= 4 is 17.0 Å². The molecule has 1 saturated heterocycles. The van der Waals surface area contributed by atoms with Crippen LogP contribution in [0.5, 0.6) is 0 Å². The molecule has 86 valence electrons. The molecule has 0 atom stereocenters. The maximum absolute atomic E-state index is 11.8. The number of nitrogens with zero attached hydrogens (tertiary/aromatic N) is 2. The molecule has 1 aliphatic heterocycles. The van der Waals surface area contributed by atoms with Crippen molar-refractivity contribution in [2.24, 2.45) is 0 Å². The van der Waals surface area contributed by atoms with E-state index < -0.39 is 0 Å². The maximum atomic E-state index is 11.8. The first kappa shape index (κ1) is 11.3. The predicted octanol–water partition coefficient (Wildman–Crippen LogP) is 2.03. The zero-order valence-corrected chi connectivity index (χ0v) is 10.4. The lowest BCUT2D eigenvalue weighted by atomic mass is 10.0. The van der Waals surface area contributed by atoms with E-state index in [1.54, 1.807) is 0 Å². The zero-order chi connectivity index (χ0) is 10.8. The van der Waals surface area contributed by atoms with Crippen LogP contribution in [-0.2, 0) is 0 Å². The smallest absolute Gasteiger partial charge is 0.281 e. The van der Waals surface area contributed by atoms with Gasteiger partial charge in [-0.25, -0.2) is 0 Å². The van der Waals surface area contributed by atoms with Crippen molar-refractivity contribution < 1.29 is 4.79 Å². The second-order valence-corrected chi connectivity index (χ2v) is 5.40. The first-order valence-corrected chi connectivity index (χ1v) is 6.99. The summed E-state index contributed by atoms with van der Waals surface area (Å²) in [6.07, 6.45) is 6.64. The van der Waals surface area contributed by atoms with E-state index >= 15 is 0 Å². The Labute approximate surface area is 96.2 Å². The van der Waals surface area contributed by atoms with Crippen molar-refractivity contribution in [1.82, 2.24) is 9.80 Å². The van der Waals surface area contributed by atoms with E-state index in [0.717, 1.165) is 25.9 Å². The summed E-state index contributed by atoms with van der Waals surface area (Å²) in [5.74, 6) is 0. The number of carbonyl (C=O) groups excluding carboxylic acids is 1. The third-order valence-corrected chi connectivity index (χ3v) is 3.97. The average Bonchev–Trinajstić information content (AvgIpc) is 3.05. The lowest BCUT2D eigenvalue weighted by Crippen LogP contribution is -2.46. The standard InChI is InChI=1S/C11H20N2OS/c1-12-7-5-10(6-8-12)13(9-3-4-9)11(14)15-2/h9-10H,3-8H2,1-2H3. The Morgan fingerprint density at radius 3 is 2.20 bits per heavy atom. The molecule has 1 aliphatic carbocycles. The molecule has 0 unspecified atom stereocenters. The summed E-state index contributed by atoms with van der Waals surface area (Å²) >= 11 is 1.37. The molecule has 1 heterocycles. The summed E-state index contributed by atoms with van der Waals surface area (Å²) in [6.45, 7) is 2.27. The van der Waals surface area contributed by atoms with Gasteiger partial charge in [-0.15, -0.1) is 0 Å². The fraction of sp³-hybridized carbons (Fsp3) is 0.909. The van der Waals surface area contributed by atoms with Crippen LogP contribution in [0.4, 0.5) is 4.79 Å². The Morgan fingerprint density at radius 1 is 1.20 bits per heavy atom. The summed E-state index contributed by atoms with van der Waals surface area (Å²) in [6, 6.07) is 1.08. The Balaban J connectivity index is 1.95. The molecule has 0 aromatic heterocycles. The topological polar surface area (TPSA) is 23.6 Å². The molecule has 0 N–H and O–H groups in total. The molecule has 0 bridgehead atoms. The van der Waals surface area contributed by atoms with Crippen molar-refractivity contribution in [2.75, 3.05) is 26.4 Å². The van der Waals surface area contributed by atoms with Crippen molar-refractivity contribution in [1.29, 1.82) is 0 Å². The van der Waals surface area contributed by atoms with Crippen LogP contribution in [0.3, 0.4) is 0 Å². The largest absolute Gasteiger partial charge is 0.328 e. The minimum absolute atomic E-state index is 0.284. The summed E-state index contributed by atoms with van der Waals surface area (Å²) in [7, 11) is 2.16. The highest BCUT2D eigenvalue weighted by Crippen LogP contribution is 2.33. The van der Waals surface area contributed by atoms with Crippen LogP contribution in [0.15, 0.2) is 0 Å². The van der Waals surface area contributed by atoms with Crippen molar-refractivity contribution in [2.45, 2.75) is 37.8 Å². The molecular formula is C11H20N2OS. The van der Waals surface area contributed by atoms with Gasteiger partial charge in [0, 0.05) is 12.1 Å². The van der Waals surface area contributed by atoms with E-state index in [2.05, 4.69) is 16.8 Å². The van der Waals surface area contributed by atoms with Gasteiger partial charge < -0.3 is 9.80 Å². The predicted molar refractivity (Wildman–Crippen MR) is 64.3 cm³/mol. The molecule has 1 amide bonds. The molecule has 0 radical (unpaired) electrons. The van der Waals surface area contributed by atoms with Crippen LogP contribution in [0.2, 0.25) is 0 Å². The zero-order valence-electron chi connectivity index (χ0n) is 9.61. The lowest BCUT2D eigenvalue weighted by molar-refractivity contribution is 0.142. The van der Waals surface area contributed by atoms with E-state index in [9.17, 15) is 4.79 Å². The summed E-state index contributed by atoms with van der Waals surface area (Å²) < 4.78 is 0. The number of piperidine rings is 1. The second-order valence-electron chi connectivity index (χ2n) is 4.64. The van der Waals surface area contributed by atoms with Gasteiger partial charge in [-0.05, 0) is 52.1 Å². The molecule has 0 aromatic rings. The Morgan fingerprint density at radius 2 is 1.73 bits per heavy atom. The van der Waals surface area contributed by atoms with Crippen LogP contribution in [0, 0.1) is 0 Å². The quantitative estimate of drug-likeness (QED) is 0.722. The van der Waals surface area contributed by atoms with Crippen LogP contribution in [-0.4, -0.2) is 53.5 Å². The third kappa shape index (κ3) is 2.67. The molecule has 4 heteroatoms. The minimum Gasteiger partial charge on any atom is -0.328 e. The average molecular weight is 228 g/mol. The lowest BCUT2D eigenvalue weighted by Gasteiger charge is -2.37. The first-order valence-electron chi connectivity index (χ1n) is 5.77. The molecule has 3 nitrogen and oxygen atoms in total. The van der Waals surface area contributed by atoms with Crippen LogP contribution >= 0.6 is 11.8 Å². The van der Waals surface area contributed by atoms with Crippen LogP contribution in [0.1, 0.15) is 25.7 Å². The molecule has 2 aliphatic rings. The Kier molecular flexibility index (Phi) is 3.57. The van der Waals surface area contributed by atoms with Gasteiger partial charge in [-0.3, -0.25) is 4.79 Å². The van der Waals surface area contributed by atoms with Gasteiger partial charge in [0.05, 0.1) is 0 Å². The summed E-state index contributed by atoms with van der Waals surface area (Å²) in [5.41, 5.74) is 0. The Hall–Kier alpha value is -0.220. The molecule has 0 spiro atoms. The highest BCUT2D eigenvalue weighted by Gasteiger charge is 2.37. The fourth-order valence-corrected chi connectivity index (χ4v) is 2.84. The number of hydrogen-bond acceptors (Lipinski definition) is 3. The van der Waals surface area contributed by atoms with Gasteiger partial charge in [-0.2, -0.15) is 0 Å². The van der Waals surface area contributed by atoms with Crippen LogP contribution in [0.25, 0.3) is 0 Å². The summed E-state index contributed by atoms with van der Waals surface area (Å²) in [5, 5.41) is 0.284. The van der Waals surface area contributed by atoms with Gasteiger partial charge in [0.1, 0.15) is 0 Å². The number of carbonyl (C=O) groups is 1. The van der Waals surface area contributed by atoms with Crippen molar-refractivity contribution in [3.05, 3.63) is 0 Å². The molecular weight excluding hydrogens is 208 g/mol. The highest BCUT2D eigenvalue weighted by molar-refractivity contribution is 8.12. The van der Waals surface area contributed by atoms with E-state index in [1.807, 2.05) is 6.26 Å². The van der Waals surface area contributed by atoms with Gasteiger partial charge in [0.15, 0.2) is 0 Å². The third-order valence-electron chi connectivity index (χ3n) is 3.41. The van der Waals surface area contributed by atoms with Gasteiger partial charge in [-0.1, -0.05) is 11.8 Å². The van der Waals surface area contributed by atoms with Gasteiger partial charge in [0.2, 0.25) is 0 Å². The maximum Gasteiger partial charge on any atom is 0.281 e. The molecule has 1 saturated carbocycles. The van der Waals surface area contributed by atoms with E-state index in [0.29, 0.717) is 12.1 Å². The highest BCUT2D eigenvalue weighted by atomic mass is 32.2. The number of amides is 1. The van der Waals surface area contributed by atoms with Crippen molar-refractivity contribution in [3.63, 3.8) is 0 Å². The molecule has 15 heavy (non-hydrogen) atoms. The second kappa shape index (κ2) is 4.74. The number of rotatable bonds is 2. The van der Waals surface area contributed by atoms with Gasteiger partial charge >= 0.3 is 0 Å².